The average Bonchev–Trinajstić information content (AvgIpc) is 2.77. The standard InChI is InChI=1S/C25H28N2O5S/c1-18(2)27-33(29,30)23-13-14-24(19(3)15-23)32-17-25(28)26-21-9-11-22(12-10-21)31-16-20-7-5-4-6-8-20/h4-15,18,27H,16-17H2,1-3H3,(H,26,28). The second kappa shape index (κ2) is 11.0. The number of ether oxygens (including phenoxy) is 2. The summed E-state index contributed by atoms with van der Waals surface area (Å²) in [6.07, 6.45) is 0. The van der Waals surface area contributed by atoms with E-state index in [0.717, 1.165) is 5.56 Å². The second-order valence-electron chi connectivity index (χ2n) is 7.84. The molecule has 33 heavy (non-hydrogen) atoms. The minimum Gasteiger partial charge on any atom is -0.489 e. The van der Waals surface area contributed by atoms with Crippen LogP contribution >= 0.6 is 0 Å². The summed E-state index contributed by atoms with van der Waals surface area (Å²) in [6.45, 7) is 5.50. The van der Waals surface area contributed by atoms with Crippen molar-refractivity contribution < 1.29 is 22.7 Å². The lowest BCUT2D eigenvalue weighted by atomic mass is 10.2. The Hall–Kier alpha value is -3.36. The summed E-state index contributed by atoms with van der Waals surface area (Å²) in [4.78, 5) is 12.4. The summed E-state index contributed by atoms with van der Waals surface area (Å²) < 4.78 is 38.4. The number of benzene rings is 3. The smallest absolute Gasteiger partial charge is 0.262 e. The minimum atomic E-state index is -3.59. The molecule has 0 fully saturated rings. The first-order valence-electron chi connectivity index (χ1n) is 10.6. The van der Waals surface area contributed by atoms with Gasteiger partial charge < -0.3 is 14.8 Å². The van der Waals surface area contributed by atoms with Crippen molar-refractivity contribution >= 4 is 21.6 Å². The number of carbonyl (C=O) groups excluding carboxylic acids is 1. The van der Waals surface area contributed by atoms with Crippen LogP contribution in [0.2, 0.25) is 0 Å². The predicted octanol–water partition coefficient (Wildman–Crippen LogP) is 4.28. The maximum Gasteiger partial charge on any atom is 0.262 e. The zero-order valence-corrected chi connectivity index (χ0v) is 19.7. The van der Waals surface area contributed by atoms with Crippen molar-refractivity contribution in [3.63, 3.8) is 0 Å². The van der Waals surface area contributed by atoms with Gasteiger partial charge in [-0.05, 0) is 74.4 Å². The topological polar surface area (TPSA) is 93.7 Å². The van der Waals surface area contributed by atoms with Gasteiger partial charge in [-0.25, -0.2) is 13.1 Å². The fourth-order valence-corrected chi connectivity index (χ4v) is 4.38. The van der Waals surface area contributed by atoms with Crippen molar-refractivity contribution in [2.75, 3.05) is 11.9 Å². The zero-order valence-electron chi connectivity index (χ0n) is 18.9. The number of hydrogen-bond donors (Lipinski definition) is 2. The molecule has 0 unspecified atom stereocenters. The fraction of sp³-hybridized carbons (Fsp3) is 0.240. The highest BCUT2D eigenvalue weighted by Crippen LogP contribution is 2.22. The van der Waals surface area contributed by atoms with Crippen LogP contribution in [0.4, 0.5) is 5.69 Å². The molecule has 3 aromatic carbocycles. The maximum absolute atomic E-state index is 12.3. The molecule has 8 heteroatoms. The number of carbonyl (C=O) groups is 1. The van der Waals surface area contributed by atoms with Crippen LogP contribution in [0.25, 0.3) is 0 Å². The molecule has 0 aliphatic rings. The molecule has 0 radical (unpaired) electrons. The summed E-state index contributed by atoms with van der Waals surface area (Å²) in [5, 5.41) is 2.76. The SMILES string of the molecule is Cc1cc(S(=O)(=O)NC(C)C)ccc1OCC(=O)Nc1ccc(OCc2ccccc2)cc1. The molecule has 0 aliphatic heterocycles. The van der Waals surface area contributed by atoms with Crippen LogP contribution in [-0.4, -0.2) is 27.0 Å². The Balaban J connectivity index is 1.51. The summed E-state index contributed by atoms with van der Waals surface area (Å²) in [5.41, 5.74) is 2.31. The molecular formula is C25H28N2O5S. The van der Waals surface area contributed by atoms with E-state index in [1.807, 2.05) is 30.3 Å². The van der Waals surface area contributed by atoms with Crippen molar-refractivity contribution in [2.24, 2.45) is 0 Å². The molecule has 0 spiro atoms. The van der Waals surface area contributed by atoms with Crippen molar-refractivity contribution in [2.45, 2.75) is 38.3 Å². The van der Waals surface area contributed by atoms with Gasteiger partial charge in [0.15, 0.2) is 6.61 Å². The Morgan fingerprint density at radius 3 is 2.27 bits per heavy atom. The Kier molecular flexibility index (Phi) is 8.08. The average molecular weight is 469 g/mol. The minimum absolute atomic E-state index is 0.153. The van der Waals surface area contributed by atoms with Gasteiger partial charge in [0.25, 0.3) is 5.91 Å². The number of rotatable bonds is 10. The number of amides is 1. The molecule has 2 N–H and O–H groups in total. The highest BCUT2D eigenvalue weighted by atomic mass is 32.2. The van der Waals surface area contributed by atoms with Crippen molar-refractivity contribution in [1.82, 2.24) is 4.72 Å². The molecule has 3 aromatic rings. The molecule has 0 heterocycles. The molecule has 3 rings (SSSR count). The van der Waals surface area contributed by atoms with E-state index >= 15 is 0 Å². The monoisotopic (exact) mass is 468 g/mol. The quantitative estimate of drug-likeness (QED) is 0.463. The van der Waals surface area contributed by atoms with Crippen LogP contribution in [0.1, 0.15) is 25.0 Å². The molecule has 0 aliphatic carbocycles. The molecule has 0 saturated carbocycles. The fourth-order valence-electron chi connectivity index (χ4n) is 3.05. The van der Waals surface area contributed by atoms with Gasteiger partial charge in [-0.3, -0.25) is 4.79 Å². The van der Waals surface area contributed by atoms with Crippen molar-refractivity contribution in [3.05, 3.63) is 83.9 Å². The van der Waals surface area contributed by atoms with E-state index in [2.05, 4.69) is 10.0 Å². The van der Waals surface area contributed by atoms with E-state index < -0.39 is 10.0 Å². The first-order valence-corrected chi connectivity index (χ1v) is 12.0. The van der Waals surface area contributed by atoms with E-state index in [9.17, 15) is 13.2 Å². The van der Waals surface area contributed by atoms with Gasteiger partial charge in [0.1, 0.15) is 18.1 Å². The molecule has 0 atom stereocenters. The lowest BCUT2D eigenvalue weighted by molar-refractivity contribution is -0.118. The lowest BCUT2D eigenvalue weighted by Gasteiger charge is -2.13. The highest BCUT2D eigenvalue weighted by molar-refractivity contribution is 7.89. The normalized spacial score (nSPS) is 11.3. The summed E-state index contributed by atoms with van der Waals surface area (Å²) in [5.74, 6) is 0.814. The Labute approximate surface area is 194 Å². The molecular weight excluding hydrogens is 440 g/mol. The van der Waals surface area contributed by atoms with E-state index in [1.165, 1.54) is 12.1 Å². The van der Waals surface area contributed by atoms with Crippen molar-refractivity contribution in [1.29, 1.82) is 0 Å². The summed E-state index contributed by atoms with van der Waals surface area (Å²) in [7, 11) is -3.59. The number of sulfonamides is 1. The zero-order chi connectivity index (χ0) is 23.8. The van der Waals surface area contributed by atoms with Crippen LogP contribution in [-0.2, 0) is 21.4 Å². The Bertz CT molecular complexity index is 1180. The number of nitrogens with one attached hydrogen (secondary N) is 2. The third kappa shape index (κ3) is 7.34. The van der Waals surface area contributed by atoms with Crippen LogP contribution in [0.15, 0.2) is 77.7 Å². The number of aryl methyl sites for hydroxylation is 1. The van der Waals surface area contributed by atoms with Gasteiger partial charge in [-0.15, -0.1) is 0 Å². The van der Waals surface area contributed by atoms with Gasteiger partial charge in [-0.1, -0.05) is 30.3 Å². The van der Waals surface area contributed by atoms with Crippen LogP contribution in [0.5, 0.6) is 11.5 Å². The lowest BCUT2D eigenvalue weighted by Crippen LogP contribution is -2.30. The number of anilines is 1. The molecule has 1 amide bonds. The third-order valence-electron chi connectivity index (χ3n) is 4.59. The van der Waals surface area contributed by atoms with E-state index in [4.69, 9.17) is 9.47 Å². The van der Waals surface area contributed by atoms with E-state index in [1.54, 1.807) is 51.1 Å². The largest absolute Gasteiger partial charge is 0.489 e. The van der Waals surface area contributed by atoms with Crippen LogP contribution < -0.4 is 19.5 Å². The molecule has 174 valence electrons. The molecule has 0 bridgehead atoms. The second-order valence-corrected chi connectivity index (χ2v) is 9.55. The van der Waals surface area contributed by atoms with Crippen molar-refractivity contribution in [3.8, 4) is 11.5 Å². The van der Waals surface area contributed by atoms with E-state index in [-0.39, 0.29) is 23.5 Å². The molecule has 0 aromatic heterocycles. The van der Waals surface area contributed by atoms with Crippen LogP contribution in [0, 0.1) is 6.92 Å². The summed E-state index contributed by atoms with van der Waals surface area (Å²) in [6, 6.07) is 21.3. The Morgan fingerprint density at radius 2 is 1.64 bits per heavy atom. The van der Waals surface area contributed by atoms with Gasteiger partial charge in [0, 0.05) is 11.7 Å². The van der Waals surface area contributed by atoms with Crippen LogP contribution in [0.3, 0.4) is 0 Å². The van der Waals surface area contributed by atoms with Gasteiger partial charge in [0.2, 0.25) is 10.0 Å². The first kappa shape index (κ1) is 24.3. The van der Waals surface area contributed by atoms with E-state index in [0.29, 0.717) is 29.4 Å². The predicted molar refractivity (Wildman–Crippen MR) is 128 cm³/mol. The summed E-state index contributed by atoms with van der Waals surface area (Å²) >= 11 is 0. The number of hydrogen-bond acceptors (Lipinski definition) is 5. The van der Waals surface area contributed by atoms with Gasteiger partial charge >= 0.3 is 0 Å². The highest BCUT2D eigenvalue weighted by Gasteiger charge is 2.17. The molecule has 0 saturated heterocycles. The van der Waals surface area contributed by atoms with Gasteiger partial charge in [-0.2, -0.15) is 0 Å². The Morgan fingerprint density at radius 1 is 0.939 bits per heavy atom. The molecule has 7 nitrogen and oxygen atoms in total. The van der Waals surface area contributed by atoms with Gasteiger partial charge in [0.05, 0.1) is 4.90 Å². The third-order valence-corrected chi connectivity index (χ3v) is 6.25. The first-order chi connectivity index (χ1) is 15.7. The maximum atomic E-state index is 12.3.